The highest BCUT2D eigenvalue weighted by Gasteiger charge is 2.43. The van der Waals surface area contributed by atoms with Gasteiger partial charge < -0.3 is 20.0 Å². The molecule has 7 nitrogen and oxygen atoms in total. The molecule has 2 amide bonds. The number of hydrogen-bond donors (Lipinski definition) is 2. The van der Waals surface area contributed by atoms with E-state index in [0.29, 0.717) is 18.1 Å². The number of carboxylic acid groups (broad SMARTS) is 1. The summed E-state index contributed by atoms with van der Waals surface area (Å²) in [5, 5.41) is 19.0. The molecule has 2 heterocycles. The minimum absolute atomic E-state index is 0.00857. The Balaban J connectivity index is 1.95. The molecule has 2 rings (SSSR count). The third-order valence-electron chi connectivity index (χ3n) is 4.53. The van der Waals surface area contributed by atoms with Crippen LogP contribution in [0, 0.1) is 0 Å². The SMILES string of the molecule is CCCCC(=O)N1CSCC1C(=O)N1CCC(O)(C(=O)O)CC1. The Morgan fingerprint density at radius 2 is 1.91 bits per heavy atom. The molecular formula is C15H24N2O5S. The van der Waals surface area contributed by atoms with Crippen LogP contribution in [0.25, 0.3) is 0 Å². The normalized spacial score (nSPS) is 23.8. The van der Waals surface area contributed by atoms with Gasteiger partial charge in [0.25, 0.3) is 0 Å². The molecule has 0 aromatic heterocycles. The number of unbranched alkanes of at least 4 members (excludes halogenated alkanes) is 1. The first-order chi connectivity index (χ1) is 10.9. The highest BCUT2D eigenvalue weighted by molar-refractivity contribution is 7.99. The molecular weight excluding hydrogens is 320 g/mol. The summed E-state index contributed by atoms with van der Waals surface area (Å²) in [5.74, 6) is -0.249. The van der Waals surface area contributed by atoms with Gasteiger partial charge in [-0.1, -0.05) is 13.3 Å². The fourth-order valence-corrected chi connectivity index (χ4v) is 4.06. The van der Waals surface area contributed by atoms with Crippen molar-refractivity contribution >= 4 is 29.5 Å². The Bertz CT molecular complexity index is 476. The van der Waals surface area contributed by atoms with E-state index in [1.807, 2.05) is 6.92 Å². The number of amides is 2. The molecule has 1 atom stereocenters. The molecule has 0 spiro atoms. The Hall–Kier alpha value is -1.28. The van der Waals surface area contributed by atoms with Gasteiger partial charge in [0.2, 0.25) is 11.8 Å². The van der Waals surface area contributed by atoms with Crippen molar-refractivity contribution in [3.63, 3.8) is 0 Å². The third kappa shape index (κ3) is 3.98. The van der Waals surface area contributed by atoms with Crippen molar-refractivity contribution in [1.82, 2.24) is 9.80 Å². The maximum atomic E-state index is 12.7. The average Bonchev–Trinajstić information content (AvgIpc) is 3.02. The number of rotatable bonds is 5. The fraction of sp³-hybridized carbons (Fsp3) is 0.800. The second-order valence-electron chi connectivity index (χ2n) is 6.14. The second kappa shape index (κ2) is 7.53. The van der Waals surface area contributed by atoms with E-state index in [9.17, 15) is 19.5 Å². The predicted molar refractivity (Wildman–Crippen MR) is 85.9 cm³/mol. The van der Waals surface area contributed by atoms with Crippen LogP contribution in [-0.4, -0.2) is 74.2 Å². The summed E-state index contributed by atoms with van der Waals surface area (Å²) >= 11 is 1.56. The molecule has 1 unspecified atom stereocenters. The van der Waals surface area contributed by atoms with Gasteiger partial charge in [-0.3, -0.25) is 9.59 Å². The molecule has 2 aliphatic heterocycles. The zero-order valence-corrected chi connectivity index (χ0v) is 14.2. The Kier molecular flexibility index (Phi) is 5.91. The smallest absolute Gasteiger partial charge is 0.335 e. The van der Waals surface area contributed by atoms with Crippen molar-refractivity contribution in [2.75, 3.05) is 24.7 Å². The van der Waals surface area contributed by atoms with Gasteiger partial charge in [0.1, 0.15) is 6.04 Å². The molecule has 130 valence electrons. The van der Waals surface area contributed by atoms with E-state index < -0.39 is 17.6 Å². The quantitative estimate of drug-likeness (QED) is 0.754. The van der Waals surface area contributed by atoms with E-state index in [1.54, 1.807) is 21.6 Å². The number of carboxylic acids is 1. The zero-order valence-electron chi connectivity index (χ0n) is 13.4. The molecule has 0 aliphatic carbocycles. The fourth-order valence-electron chi connectivity index (χ4n) is 2.89. The lowest BCUT2D eigenvalue weighted by Crippen LogP contribution is -2.55. The molecule has 0 radical (unpaired) electrons. The minimum Gasteiger partial charge on any atom is -0.479 e. The lowest BCUT2D eigenvalue weighted by Gasteiger charge is -2.37. The van der Waals surface area contributed by atoms with Gasteiger partial charge in [0.05, 0.1) is 5.88 Å². The number of likely N-dealkylation sites (tertiary alicyclic amines) is 1. The largest absolute Gasteiger partial charge is 0.479 e. The van der Waals surface area contributed by atoms with E-state index >= 15 is 0 Å². The number of carbonyl (C=O) groups is 3. The van der Waals surface area contributed by atoms with Crippen LogP contribution in [0.4, 0.5) is 0 Å². The van der Waals surface area contributed by atoms with Crippen LogP contribution in [-0.2, 0) is 14.4 Å². The standard InChI is InChI=1S/C15H24N2O5S/c1-2-3-4-12(18)17-10-23-9-11(17)13(19)16-7-5-15(22,6-8-16)14(20)21/h11,22H,2-10H2,1H3,(H,20,21). The molecule has 2 aliphatic rings. The van der Waals surface area contributed by atoms with E-state index in [-0.39, 0.29) is 37.7 Å². The summed E-state index contributed by atoms with van der Waals surface area (Å²) in [6.07, 6.45) is 2.26. The van der Waals surface area contributed by atoms with Gasteiger partial charge in [0.15, 0.2) is 5.60 Å². The van der Waals surface area contributed by atoms with Crippen LogP contribution in [0.1, 0.15) is 39.0 Å². The van der Waals surface area contributed by atoms with Crippen molar-refractivity contribution in [3.8, 4) is 0 Å². The van der Waals surface area contributed by atoms with Crippen LogP contribution in [0.3, 0.4) is 0 Å². The number of nitrogens with zero attached hydrogens (tertiary/aromatic N) is 2. The van der Waals surface area contributed by atoms with E-state index in [1.165, 1.54) is 0 Å². The third-order valence-corrected chi connectivity index (χ3v) is 5.54. The molecule has 2 N–H and O–H groups in total. The molecule has 0 aromatic rings. The number of piperidine rings is 1. The van der Waals surface area contributed by atoms with E-state index in [4.69, 9.17) is 5.11 Å². The van der Waals surface area contributed by atoms with Crippen LogP contribution < -0.4 is 0 Å². The van der Waals surface area contributed by atoms with Gasteiger partial charge in [-0.2, -0.15) is 0 Å². The van der Waals surface area contributed by atoms with Gasteiger partial charge in [0, 0.05) is 38.1 Å². The molecule has 0 saturated carbocycles. The lowest BCUT2D eigenvalue weighted by atomic mass is 9.91. The maximum absolute atomic E-state index is 12.7. The Morgan fingerprint density at radius 1 is 1.26 bits per heavy atom. The summed E-state index contributed by atoms with van der Waals surface area (Å²) in [4.78, 5) is 39.1. The Morgan fingerprint density at radius 3 is 2.48 bits per heavy atom. The maximum Gasteiger partial charge on any atom is 0.335 e. The summed E-state index contributed by atoms with van der Waals surface area (Å²) in [6.45, 7) is 2.44. The Labute approximate surface area is 140 Å². The molecule has 0 aromatic carbocycles. The molecule has 0 bridgehead atoms. The molecule has 2 saturated heterocycles. The van der Waals surface area contributed by atoms with Crippen molar-refractivity contribution in [3.05, 3.63) is 0 Å². The average molecular weight is 344 g/mol. The summed E-state index contributed by atoms with van der Waals surface area (Å²) in [7, 11) is 0. The number of hydrogen-bond acceptors (Lipinski definition) is 5. The molecule has 2 fully saturated rings. The second-order valence-corrected chi connectivity index (χ2v) is 7.14. The molecule has 8 heteroatoms. The number of thioether (sulfide) groups is 1. The first kappa shape index (κ1) is 18.1. The van der Waals surface area contributed by atoms with E-state index in [2.05, 4.69) is 0 Å². The van der Waals surface area contributed by atoms with Crippen molar-refractivity contribution in [2.24, 2.45) is 0 Å². The van der Waals surface area contributed by atoms with Gasteiger partial charge >= 0.3 is 5.97 Å². The van der Waals surface area contributed by atoms with Crippen LogP contribution >= 0.6 is 11.8 Å². The summed E-state index contributed by atoms with van der Waals surface area (Å²) in [5.41, 5.74) is -1.74. The number of carbonyl (C=O) groups excluding carboxylic acids is 2. The van der Waals surface area contributed by atoms with Crippen LogP contribution in [0.15, 0.2) is 0 Å². The minimum atomic E-state index is -1.74. The van der Waals surface area contributed by atoms with Crippen molar-refractivity contribution in [1.29, 1.82) is 0 Å². The van der Waals surface area contributed by atoms with Gasteiger partial charge in [-0.25, -0.2) is 4.79 Å². The monoisotopic (exact) mass is 344 g/mol. The summed E-state index contributed by atoms with van der Waals surface area (Å²) in [6, 6.07) is -0.458. The van der Waals surface area contributed by atoms with Gasteiger partial charge in [-0.15, -0.1) is 11.8 Å². The highest BCUT2D eigenvalue weighted by atomic mass is 32.2. The first-order valence-electron chi connectivity index (χ1n) is 8.01. The highest BCUT2D eigenvalue weighted by Crippen LogP contribution is 2.27. The zero-order chi connectivity index (χ0) is 17.0. The predicted octanol–water partition coefficient (Wildman–Crippen LogP) is 0.516. The van der Waals surface area contributed by atoms with Crippen molar-refractivity contribution in [2.45, 2.75) is 50.7 Å². The number of aliphatic carboxylic acids is 1. The number of aliphatic hydroxyl groups is 1. The first-order valence-corrected chi connectivity index (χ1v) is 9.16. The van der Waals surface area contributed by atoms with E-state index in [0.717, 1.165) is 12.8 Å². The van der Waals surface area contributed by atoms with Gasteiger partial charge in [-0.05, 0) is 6.42 Å². The molecule has 23 heavy (non-hydrogen) atoms. The topological polar surface area (TPSA) is 98.2 Å². The summed E-state index contributed by atoms with van der Waals surface area (Å²) < 4.78 is 0. The van der Waals surface area contributed by atoms with Crippen LogP contribution in [0.2, 0.25) is 0 Å². The lowest BCUT2D eigenvalue weighted by molar-refractivity contribution is -0.166. The van der Waals surface area contributed by atoms with Crippen molar-refractivity contribution < 1.29 is 24.6 Å². The van der Waals surface area contributed by atoms with Crippen LogP contribution in [0.5, 0.6) is 0 Å².